The zero-order valence-corrected chi connectivity index (χ0v) is 9.82. The largest absolute Gasteiger partial charge is 0.355 e. The molecule has 0 N–H and O–H groups in total. The predicted octanol–water partition coefficient (Wildman–Crippen LogP) is 1.77. The molecule has 2 aliphatic carbocycles. The Hall–Kier alpha value is -0.570. The molecule has 2 saturated heterocycles. The summed E-state index contributed by atoms with van der Waals surface area (Å²) in [6.45, 7) is 3.01. The summed E-state index contributed by atoms with van der Waals surface area (Å²) < 4.78 is 6.03. The maximum atomic E-state index is 12.1. The molecule has 4 fully saturated rings. The van der Waals surface area contributed by atoms with E-state index in [2.05, 4.69) is 11.8 Å². The van der Waals surface area contributed by atoms with E-state index in [1.807, 2.05) is 0 Å². The molecular weight excluding hydrogens is 202 g/mol. The van der Waals surface area contributed by atoms with Gasteiger partial charge in [-0.05, 0) is 38.0 Å². The lowest BCUT2D eigenvalue weighted by Gasteiger charge is -2.50. The molecular formula is C13H19NO2. The molecule has 0 aromatic heterocycles. The van der Waals surface area contributed by atoms with Gasteiger partial charge in [0.1, 0.15) is 5.72 Å². The first-order valence-electron chi connectivity index (χ1n) is 6.65. The van der Waals surface area contributed by atoms with Gasteiger partial charge in [-0.15, -0.1) is 0 Å². The van der Waals surface area contributed by atoms with Crippen molar-refractivity contribution in [2.75, 3.05) is 6.61 Å². The van der Waals surface area contributed by atoms with Crippen LogP contribution in [0.1, 0.15) is 39.0 Å². The number of carbonyl (C=O) groups excluding carboxylic acids is 1. The fourth-order valence-corrected chi connectivity index (χ4v) is 4.76. The van der Waals surface area contributed by atoms with Gasteiger partial charge in [0, 0.05) is 24.8 Å². The van der Waals surface area contributed by atoms with Crippen LogP contribution in [0.5, 0.6) is 0 Å². The molecule has 0 unspecified atom stereocenters. The number of hydrogen-bond donors (Lipinski definition) is 0. The van der Waals surface area contributed by atoms with Crippen molar-refractivity contribution in [2.45, 2.75) is 50.8 Å². The molecule has 4 aliphatic rings. The van der Waals surface area contributed by atoms with Gasteiger partial charge < -0.3 is 9.64 Å². The van der Waals surface area contributed by atoms with Gasteiger partial charge in [-0.2, -0.15) is 0 Å². The minimum Gasteiger partial charge on any atom is -0.355 e. The molecule has 4 rings (SSSR count). The van der Waals surface area contributed by atoms with E-state index >= 15 is 0 Å². The van der Waals surface area contributed by atoms with Crippen LogP contribution in [0, 0.1) is 17.8 Å². The molecule has 0 aromatic rings. The third-order valence-corrected chi connectivity index (χ3v) is 5.51. The molecule has 0 spiro atoms. The van der Waals surface area contributed by atoms with Crippen LogP contribution in [-0.4, -0.2) is 29.2 Å². The number of carbonyl (C=O) groups is 1. The molecule has 2 bridgehead atoms. The van der Waals surface area contributed by atoms with E-state index in [1.54, 1.807) is 0 Å². The highest BCUT2D eigenvalue weighted by Crippen LogP contribution is 2.55. The molecule has 0 radical (unpaired) electrons. The monoisotopic (exact) mass is 221 g/mol. The smallest absolute Gasteiger partial charge is 0.225 e. The zero-order chi connectivity index (χ0) is 10.9. The summed E-state index contributed by atoms with van der Waals surface area (Å²) in [5.41, 5.74) is -0.261. The van der Waals surface area contributed by atoms with Gasteiger partial charge in [0.15, 0.2) is 0 Å². The summed E-state index contributed by atoms with van der Waals surface area (Å²) in [5.74, 6) is 2.60. The van der Waals surface area contributed by atoms with Crippen LogP contribution in [0.3, 0.4) is 0 Å². The van der Waals surface area contributed by atoms with Gasteiger partial charge in [0.25, 0.3) is 0 Å². The molecule has 16 heavy (non-hydrogen) atoms. The second kappa shape index (κ2) is 2.81. The Labute approximate surface area is 96.1 Å². The molecule has 3 nitrogen and oxygen atoms in total. The Morgan fingerprint density at radius 3 is 3.06 bits per heavy atom. The summed E-state index contributed by atoms with van der Waals surface area (Å²) in [5, 5.41) is 0. The fraction of sp³-hybridized carbons (Fsp3) is 0.923. The Kier molecular flexibility index (Phi) is 1.66. The molecule has 0 aromatic carbocycles. The lowest BCUT2D eigenvalue weighted by Crippen LogP contribution is -2.60. The van der Waals surface area contributed by atoms with Crippen molar-refractivity contribution in [3.63, 3.8) is 0 Å². The Bertz CT molecular complexity index is 356. The third kappa shape index (κ3) is 0.963. The van der Waals surface area contributed by atoms with Crippen LogP contribution in [0.4, 0.5) is 0 Å². The highest BCUT2D eigenvalue weighted by atomic mass is 16.5. The minimum atomic E-state index is -0.261. The van der Waals surface area contributed by atoms with Crippen LogP contribution in [0.2, 0.25) is 0 Å². The van der Waals surface area contributed by atoms with Crippen molar-refractivity contribution in [2.24, 2.45) is 17.8 Å². The van der Waals surface area contributed by atoms with Crippen molar-refractivity contribution in [1.82, 2.24) is 4.90 Å². The summed E-state index contributed by atoms with van der Waals surface area (Å²) >= 11 is 0. The minimum absolute atomic E-state index is 0.261. The number of fused-ring (bicyclic) bond motifs is 7. The van der Waals surface area contributed by atoms with Gasteiger partial charge in [0.05, 0.1) is 6.61 Å². The van der Waals surface area contributed by atoms with Crippen LogP contribution in [-0.2, 0) is 9.53 Å². The zero-order valence-electron chi connectivity index (χ0n) is 9.82. The summed E-state index contributed by atoms with van der Waals surface area (Å²) in [4.78, 5) is 14.2. The lowest BCUT2D eigenvalue weighted by molar-refractivity contribution is -0.208. The molecule has 3 heteroatoms. The van der Waals surface area contributed by atoms with E-state index in [4.69, 9.17) is 4.74 Å². The first kappa shape index (κ1) is 9.46. The van der Waals surface area contributed by atoms with Crippen LogP contribution in [0.25, 0.3) is 0 Å². The van der Waals surface area contributed by atoms with E-state index in [1.165, 1.54) is 19.3 Å². The summed E-state index contributed by atoms with van der Waals surface area (Å²) in [6.07, 6.45) is 5.64. The topological polar surface area (TPSA) is 29.5 Å². The van der Waals surface area contributed by atoms with E-state index in [-0.39, 0.29) is 5.72 Å². The average molecular weight is 221 g/mol. The maximum absolute atomic E-state index is 12.1. The third-order valence-electron chi connectivity index (χ3n) is 5.51. The molecule has 2 saturated carbocycles. The Morgan fingerprint density at radius 1 is 1.38 bits per heavy atom. The average Bonchev–Trinajstić information content (AvgIpc) is 2.92. The summed E-state index contributed by atoms with van der Waals surface area (Å²) in [6, 6.07) is 0.521. The van der Waals surface area contributed by atoms with Crippen molar-refractivity contribution < 1.29 is 9.53 Å². The van der Waals surface area contributed by atoms with Gasteiger partial charge in [-0.3, -0.25) is 4.79 Å². The first-order valence-corrected chi connectivity index (χ1v) is 6.65. The van der Waals surface area contributed by atoms with Crippen molar-refractivity contribution in [3.8, 4) is 0 Å². The normalized spacial score (nSPS) is 54.3. The molecule has 88 valence electrons. The van der Waals surface area contributed by atoms with Gasteiger partial charge >= 0.3 is 0 Å². The van der Waals surface area contributed by atoms with Gasteiger partial charge in [-0.1, -0.05) is 0 Å². The van der Waals surface area contributed by atoms with E-state index in [9.17, 15) is 4.79 Å². The quantitative estimate of drug-likeness (QED) is 0.624. The molecule has 2 aliphatic heterocycles. The number of rotatable bonds is 0. The van der Waals surface area contributed by atoms with Gasteiger partial charge in [0.2, 0.25) is 5.91 Å². The number of hydrogen-bond acceptors (Lipinski definition) is 2. The number of ether oxygens (including phenoxy) is 1. The molecule has 5 atom stereocenters. The number of nitrogens with zero attached hydrogens (tertiary/aromatic N) is 1. The van der Waals surface area contributed by atoms with Crippen molar-refractivity contribution in [1.29, 1.82) is 0 Å². The Balaban J connectivity index is 1.74. The van der Waals surface area contributed by atoms with E-state index < -0.39 is 0 Å². The second-order valence-electron chi connectivity index (χ2n) is 6.24. The van der Waals surface area contributed by atoms with E-state index in [0.29, 0.717) is 24.3 Å². The van der Waals surface area contributed by atoms with Crippen LogP contribution in [0.15, 0.2) is 0 Å². The van der Waals surface area contributed by atoms with Crippen LogP contribution >= 0.6 is 0 Å². The molecule has 1 amide bonds. The first-order chi connectivity index (χ1) is 7.69. The second-order valence-corrected chi connectivity index (χ2v) is 6.24. The SMILES string of the molecule is C[C@@]12CCC(=O)N1[C@@H]1[C@H]3CC[C@H](C3)[C@@H]1CO2. The maximum Gasteiger partial charge on any atom is 0.225 e. The fourth-order valence-electron chi connectivity index (χ4n) is 4.76. The highest BCUT2D eigenvalue weighted by molar-refractivity contribution is 5.80. The predicted molar refractivity (Wildman–Crippen MR) is 58.5 cm³/mol. The Morgan fingerprint density at radius 2 is 2.19 bits per heavy atom. The van der Waals surface area contributed by atoms with Gasteiger partial charge in [-0.25, -0.2) is 0 Å². The van der Waals surface area contributed by atoms with Crippen molar-refractivity contribution in [3.05, 3.63) is 0 Å². The highest BCUT2D eigenvalue weighted by Gasteiger charge is 2.60. The number of amides is 1. The summed E-state index contributed by atoms with van der Waals surface area (Å²) in [7, 11) is 0. The molecule has 2 heterocycles. The standard InChI is InChI=1S/C13H19NO2/c1-13-5-4-11(15)14(13)12-9-3-2-8(6-9)10(12)7-16-13/h8-10,12H,2-7H2,1H3/t8-,9+,10+,12-,13-/m1/s1. The van der Waals surface area contributed by atoms with Crippen LogP contribution < -0.4 is 0 Å². The van der Waals surface area contributed by atoms with Crippen molar-refractivity contribution >= 4 is 5.91 Å². The lowest BCUT2D eigenvalue weighted by atomic mass is 9.82. The van der Waals surface area contributed by atoms with E-state index in [0.717, 1.165) is 24.9 Å².